The molecule has 19 heavy (non-hydrogen) atoms. The van der Waals surface area contributed by atoms with Gasteiger partial charge in [-0.05, 0) is 12.1 Å². The number of aliphatic carboxylic acids is 1. The molecule has 2 aromatic rings. The average molecular weight is 300 g/mol. The third-order valence-electron chi connectivity index (χ3n) is 2.04. The van der Waals surface area contributed by atoms with Gasteiger partial charge in [-0.25, -0.2) is 4.98 Å². The second-order valence-electron chi connectivity index (χ2n) is 3.47. The lowest BCUT2D eigenvalue weighted by Crippen LogP contribution is -1.99. The summed E-state index contributed by atoms with van der Waals surface area (Å²) in [7, 11) is 0. The van der Waals surface area contributed by atoms with Crippen molar-refractivity contribution in [2.24, 2.45) is 0 Å². The van der Waals surface area contributed by atoms with Gasteiger partial charge >= 0.3 is 5.97 Å². The number of ether oxygens (including phenoxy) is 1. The number of halogens is 1. The second kappa shape index (κ2) is 6.44. The van der Waals surface area contributed by atoms with Crippen LogP contribution in [0.3, 0.4) is 0 Å². The van der Waals surface area contributed by atoms with Gasteiger partial charge < -0.3 is 9.84 Å². The first-order chi connectivity index (χ1) is 9.15. The molecule has 2 rings (SSSR count). The highest BCUT2D eigenvalue weighted by Crippen LogP contribution is 2.23. The van der Waals surface area contributed by atoms with Crippen LogP contribution in [0, 0.1) is 0 Å². The van der Waals surface area contributed by atoms with E-state index in [0.29, 0.717) is 21.8 Å². The van der Waals surface area contributed by atoms with Gasteiger partial charge in [-0.2, -0.15) is 0 Å². The molecular weight excluding hydrogens is 290 g/mol. The molecule has 1 aromatic carbocycles. The zero-order chi connectivity index (χ0) is 13.7. The monoisotopic (exact) mass is 299 g/mol. The van der Waals surface area contributed by atoms with Crippen LogP contribution in [0.5, 0.6) is 5.75 Å². The van der Waals surface area contributed by atoms with E-state index in [2.05, 4.69) is 15.2 Å². The number of para-hydroxylation sites is 1. The van der Waals surface area contributed by atoms with Gasteiger partial charge in [0, 0.05) is 0 Å². The van der Waals surface area contributed by atoms with Crippen molar-refractivity contribution in [2.45, 2.75) is 11.8 Å². The summed E-state index contributed by atoms with van der Waals surface area (Å²) in [5.74, 6) is 0.0691. The molecule has 0 aliphatic rings. The van der Waals surface area contributed by atoms with E-state index in [0.717, 1.165) is 11.8 Å². The van der Waals surface area contributed by atoms with Crippen LogP contribution in [0.1, 0.15) is 5.82 Å². The van der Waals surface area contributed by atoms with Crippen molar-refractivity contribution in [3.05, 3.63) is 35.1 Å². The van der Waals surface area contributed by atoms with Gasteiger partial charge in [0.1, 0.15) is 12.4 Å². The first-order valence-corrected chi connectivity index (χ1v) is 6.64. The first kappa shape index (κ1) is 13.7. The molecule has 0 amide bonds. The minimum absolute atomic E-state index is 0.0807. The van der Waals surface area contributed by atoms with Gasteiger partial charge in [-0.15, -0.1) is 5.10 Å². The molecule has 0 spiro atoms. The highest BCUT2D eigenvalue weighted by molar-refractivity contribution is 7.99. The third kappa shape index (κ3) is 4.15. The Morgan fingerprint density at radius 2 is 2.26 bits per heavy atom. The summed E-state index contributed by atoms with van der Waals surface area (Å²) >= 11 is 6.98. The van der Waals surface area contributed by atoms with Gasteiger partial charge in [0.25, 0.3) is 0 Å². The fourth-order valence-corrected chi connectivity index (χ4v) is 1.97. The Bertz CT molecular complexity index is 576. The van der Waals surface area contributed by atoms with Gasteiger partial charge in [0.15, 0.2) is 5.82 Å². The van der Waals surface area contributed by atoms with E-state index in [1.165, 1.54) is 0 Å². The number of carbonyl (C=O) groups is 1. The predicted octanol–water partition coefficient (Wildman–Crippen LogP) is 2.21. The highest BCUT2D eigenvalue weighted by Gasteiger charge is 2.07. The van der Waals surface area contributed by atoms with E-state index in [9.17, 15) is 4.79 Å². The van der Waals surface area contributed by atoms with Crippen molar-refractivity contribution in [3.8, 4) is 5.75 Å². The predicted molar refractivity (Wildman–Crippen MR) is 70.5 cm³/mol. The fourth-order valence-electron chi connectivity index (χ4n) is 1.24. The summed E-state index contributed by atoms with van der Waals surface area (Å²) in [5, 5.41) is 16.0. The maximum absolute atomic E-state index is 10.4. The maximum atomic E-state index is 10.4. The molecule has 0 atom stereocenters. The molecular formula is C11H10ClN3O3S. The third-order valence-corrected chi connectivity index (χ3v) is 3.18. The largest absolute Gasteiger partial charge is 0.484 e. The van der Waals surface area contributed by atoms with Crippen molar-refractivity contribution in [2.75, 3.05) is 5.75 Å². The lowest BCUT2D eigenvalue weighted by atomic mass is 10.3. The molecule has 6 nitrogen and oxygen atoms in total. The molecule has 8 heteroatoms. The standard InChI is InChI=1S/C11H10ClN3O3S/c12-7-3-1-2-4-8(7)18-5-9-13-11(15-14-9)19-6-10(16)17/h1-4H,5-6H2,(H,16,17)(H,13,14,15). The Balaban J connectivity index is 1.90. The Morgan fingerprint density at radius 1 is 1.47 bits per heavy atom. The summed E-state index contributed by atoms with van der Waals surface area (Å²) in [6.07, 6.45) is 0. The average Bonchev–Trinajstić information content (AvgIpc) is 2.83. The second-order valence-corrected chi connectivity index (χ2v) is 4.82. The Morgan fingerprint density at radius 3 is 3.00 bits per heavy atom. The van der Waals surface area contributed by atoms with Crippen LogP contribution in [0.2, 0.25) is 5.02 Å². The number of nitrogens with one attached hydrogen (secondary N) is 1. The smallest absolute Gasteiger partial charge is 0.313 e. The van der Waals surface area contributed by atoms with Gasteiger partial charge in [-0.3, -0.25) is 9.89 Å². The number of rotatable bonds is 6. The number of hydrogen-bond donors (Lipinski definition) is 2. The summed E-state index contributed by atoms with van der Waals surface area (Å²) < 4.78 is 5.47. The van der Waals surface area contributed by atoms with Crippen LogP contribution in [0.25, 0.3) is 0 Å². The molecule has 1 aromatic heterocycles. The number of carboxylic acid groups (broad SMARTS) is 1. The number of aromatic nitrogens is 3. The van der Waals surface area contributed by atoms with Gasteiger partial charge in [0.2, 0.25) is 5.16 Å². The number of benzene rings is 1. The van der Waals surface area contributed by atoms with Crippen LogP contribution in [0.4, 0.5) is 0 Å². The van der Waals surface area contributed by atoms with Crippen molar-refractivity contribution in [1.29, 1.82) is 0 Å². The summed E-state index contributed by atoms with van der Waals surface area (Å²) in [6.45, 7) is 0.185. The highest BCUT2D eigenvalue weighted by atomic mass is 35.5. The molecule has 0 bridgehead atoms. The number of aromatic amines is 1. The van der Waals surface area contributed by atoms with Crippen molar-refractivity contribution in [1.82, 2.24) is 15.2 Å². The van der Waals surface area contributed by atoms with Crippen molar-refractivity contribution < 1.29 is 14.6 Å². The minimum atomic E-state index is -0.913. The zero-order valence-corrected chi connectivity index (χ0v) is 11.2. The molecule has 0 unspecified atom stereocenters. The molecule has 0 saturated carbocycles. The van der Waals surface area contributed by atoms with Crippen molar-refractivity contribution in [3.63, 3.8) is 0 Å². The van der Waals surface area contributed by atoms with E-state index in [1.807, 2.05) is 12.1 Å². The molecule has 100 valence electrons. The molecule has 2 N–H and O–H groups in total. The Labute approximate surface area is 118 Å². The van der Waals surface area contributed by atoms with Crippen LogP contribution in [0.15, 0.2) is 29.4 Å². The number of carboxylic acids is 1. The minimum Gasteiger partial charge on any atom is -0.484 e. The number of nitrogens with zero attached hydrogens (tertiary/aromatic N) is 2. The number of hydrogen-bond acceptors (Lipinski definition) is 5. The SMILES string of the molecule is O=C(O)CSc1n[nH]c(COc2ccccc2Cl)n1. The molecule has 0 aliphatic carbocycles. The molecule has 0 fully saturated rings. The maximum Gasteiger partial charge on any atom is 0.313 e. The normalized spacial score (nSPS) is 10.4. The van der Waals surface area contributed by atoms with E-state index in [-0.39, 0.29) is 12.4 Å². The lowest BCUT2D eigenvalue weighted by Gasteiger charge is -2.04. The van der Waals surface area contributed by atoms with Crippen LogP contribution in [-0.4, -0.2) is 32.0 Å². The van der Waals surface area contributed by atoms with E-state index >= 15 is 0 Å². The van der Waals surface area contributed by atoms with Crippen LogP contribution < -0.4 is 4.74 Å². The summed E-state index contributed by atoms with van der Waals surface area (Å²) in [4.78, 5) is 14.5. The quantitative estimate of drug-likeness (QED) is 0.795. The summed E-state index contributed by atoms with van der Waals surface area (Å²) in [5.41, 5.74) is 0. The van der Waals surface area contributed by atoms with E-state index < -0.39 is 5.97 Å². The lowest BCUT2D eigenvalue weighted by molar-refractivity contribution is -0.133. The Hall–Kier alpha value is -1.73. The topological polar surface area (TPSA) is 88.1 Å². The first-order valence-electron chi connectivity index (χ1n) is 5.28. The molecule has 0 radical (unpaired) electrons. The van der Waals surface area contributed by atoms with Crippen LogP contribution in [-0.2, 0) is 11.4 Å². The molecule has 0 saturated heterocycles. The summed E-state index contributed by atoms with van der Waals surface area (Å²) in [6, 6.07) is 7.10. The van der Waals surface area contributed by atoms with E-state index in [1.54, 1.807) is 12.1 Å². The van der Waals surface area contributed by atoms with Crippen LogP contribution >= 0.6 is 23.4 Å². The fraction of sp³-hybridized carbons (Fsp3) is 0.182. The number of H-pyrrole nitrogens is 1. The molecule has 0 aliphatic heterocycles. The zero-order valence-electron chi connectivity index (χ0n) is 9.67. The van der Waals surface area contributed by atoms with Crippen molar-refractivity contribution >= 4 is 29.3 Å². The molecule has 1 heterocycles. The van der Waals surface area contributed by atoms with Gasteiger partial charge in [0.05, 0.1) is 10.8 Å². The Kier molecular flexibility index (Phi) is 4.64. The van der Waals surface area contributed by atoms with Gasteiger partial charge in [-0.1, -0.05) is 35.5 Å². The number of thioether (sulfide) groups is 1. The van der Waals surface area contributed by atoms with E-state index in [4.69, 9.17) is 21.4 Å².